The number of carbonyl (C=O) groups excluding carboxylic acids is 2. The molecule has 150 valence electrons. The summed E-state index contributed by atoms with van der Waals surface area (Å²) in [5.74, 6) is -0.786. The zero-order valence-corrected chi connectivity index (χ0v) is 17.3. The Labute approximate surface area is 170 Å². The van der Waals surface area contributed by atoms with Gasteiger partial charge >= 0.3 is 5.97 Å². The summed E-state index contributed by atoms with van der Waals surface area (Å²) in [6.07, 6.45) is 3.06. The van der Waals surface area contributed by atoms with Crippen molar-refractivity contribution in [1.82, 2.24) is 14.7 Å². The fourth-order valence-electron chi connectivity index (χ4n) is 3.83. The van der Waals surface area contributed by atoms with E-state index in [-0.39, 0.29) is 35.3 Å². The van der Waals surface area contributed by atoms with E-state index in [2.05, 4.69) is 5.10 Å². The molecule has 7 heteroatoms. The molecule has 1 aromatic heterocycles. The third-order valence-electron chi connectivity index (χ3n) is 5.25. The molecule has 3 rings (SSSR count). The van der Waals surface area contributed by atoms with Crippen molar-refractivity contribution < 1.29 is 14.3 Å². The number of nitrogens with zero attached hydrogens (tertiary/aromatic N) is 3. The zero-order valence-electron chi connectivity index (χ0n) is 16.5. The van der Waals surface area contributed by atoms with Crippen molar-refractivity contribution in [3.05, 3.63) is 52.3 Å². The summed E-state index contributed by atoms with van der Waals surface area (Å²) in [6.45, 7) is 5.94. The van der Waals surface area contributed by atoms with Gasteiger partial charge in [-0.05, 0) is 45.6 Å². The predicted molar refractivity (Wildman–Crippen MR) is 107 cm³/mol. The van der Waals surface area contributed by atoms with Crippen molar-refractivity contribution in [1.29, 1.82) is 0 Å². The van der Waals surface area contributed by atoms with Gasteiger partial charge in [0.25, 0.3) is 5.91 Å². The van der Waals surface area contributed by atoms with Crippen LogP contribution in [0.15, 0.2) is 30.3 Å². The lowest BCUT2D eigenvalue weighted by molar-refractivity contribution is -0.140. The average molecular weight is 404 g/mol. The van der Waals surface area contributed by atoms with Crippen LogP contribution in [0.25, 0.3) is 0 Å². The molecule has 6 nitrogen and oxygen atoms in total. The Balaban J connectivity index is 1.66. The van der Waals surface area contributed by atoms with Gasteiger partial charge < -0.3 is 9.64 Å². The monoisotopic (exact) mass is 403 g/mol. The topological polar surface area (TPSA) is 64.4 Å². The fourth-order valence-corrected chi connectivity index (χ4v) is 4.14. The Hall–Kier alpha value is -2.34. The number of ether oxygens (including phenoxy) is 1. The number of hydrogen-bond acceptors (Lipinski definition) is 4. The predicted octanol–water partition coefficient (Wildman–Crippen LogP) is 3.84. The van der Waals surface area contributed by atoms with E-state index in [4.69, 9.17) is 16.3 Å². The van der Waals surface area contributed by atoms with Crippen LogP contribution in [0.5, 0.6) is 0 Å². The summed E-state index contributed by atoms with van der Waals surface area (Å²) in [5.41, 5.74) is 1.72. The maximum atomic E-state index is 12.6. The minimum atomic E-state index is -0.618. The second-order valence-electron chi connectivity index (χ2n) is 7.40. The van der Waals surface area contributed by atoms with Gasteiger partial charge in [0.05, 0.1) is 12.2 Å². The molecule has 1 amide bonds. The van der Waals surface area contributed by atoms with Gasteiger partial charge in [-0.3, -0.25) is 4.79 Å². The van der Waals surface area contributed by atoms with E-state index in [0.29, 0.717) is 12.2 Å². The van der Waals surface area contributed by atoms with Crippen LogP contribution in [0.4, 0.5) is 0 Å². The van der Waals surface area contributed by atoms with E-state index in [9.17, 15) is 9.59 Å². The maximum Gasteiger partial charge on any atom is 0.343 e. The molecule has 0 saturated carbocycles. The normalized spacial score (nSPS) is 19.5. The first-order valence-corrected chi connectivity index (χ1v) is 10.0. The van der Waals surface area contributed by atoms with Gasteiger partial charge in [-0.2, -0.15) is 5.10 Å². The molecular formula is C21H26ClN3O3. The van der Waals surface area contributed by atoms with Gasteiger partial charge in [0.2, 0.25) is 0 Å². The molecule has 1 saturated heterocycles. The molecule has 1 fully saturated rings. The van der Waals surface area contributed by atoms with E-state index >= 15 is 0 Å². The molecule has 1 aromatic carbocycles. The first-order valence-electron chi connectivity index (χ1n) is 9.63. The van der Waals surface area contributed by atoms with Crippen molar-refractivity contribution in [2.24, 2.45) is 0 Å². The number of likely N-dealkylation sites (tertiary alicyclic amines) is 1. The highest BCUT2D eigenvalue weighted by molar-refractivity contribution is 6.32. The minimum absolute atomic E-state index is 0.161. The number of amides is 1. The maximum absolute atomic E-state index is 12.6. The number of aryl methyl sites for hydroxylation is 1. The molecule has 0 N–H and O–H groups in total. The highest BCUT2D eigenvalue weighted by Crippen LogP contribution is 2.24. The van der Waals surface area contributed by atoms with Crippen LogP contribution in [0.1, 0.15) is 54.7 Å². The van der Waals surface area contributed by atoms with E-state index in [1.165, 1.54) is 0 Å². The molecule has 28 heavy (non-hydrogen) atoms. The lowest BCUT2D eigenvalue weighted by Gasteiger charge is -2.38. The number of halogens is 1. The molecule has 2 heterocycles. The summed E-state index contributed by atoms with van der Waals surface area (Å²) in [6, 6.07) is 10.0. The van der Waals surface area contributed by atoms with Crippen molar-refractivity contribution in [3.63, 3.8) is 0 Å². The standard InChI is InChI=1S/C21H26ClN3O3/c1-14-8-7-9-15(2)25(14)18(26)13-28-21(27)19-16(3)23-24(20(19)22)12-17-10-5-4-6-11-17/h4-6,10-11,14-15H,7-9,12-13H2,1-3H3/t14-,15-/m0/s1. The summed E-state index contributed by atoms with van der Waals surface area (Å²) >= 11 is 6.39. The molecule has 0 aliphatic carbocycles. The molecule has 2 aromatic rings. The van der Waals surface area contributed by atoms with Gasteiger partial charge in [0.15, 0.2) is 6.61 Å². The Kier molecular flexibility index (Phi) is 6.39. The second-order valence-corrected chi connectivity index (χ2v) is 7.76. The number of aromatic nitrogens is 2. The van der Waals surface area contributed by atoms with Crippen LogP contribution >= 0.6 is 11.6 Å². The molecular weight excluding hydrogens is 378 g/mol. The molecule has 0 radical (unpaired) electrons. The van der Waals surface area contributed by atoms with Gasteiger partial charge in [-0.15, -0.1) is 0 Å². The number of benzene rings is 1. The van der Waals surface area contributed by atoms with Crippen molar-refractivity contribution >= 4 is 23.5 Å². The van der Waals surface area contributed by atoms with Gasteiger partial charge in [-0.25, -0.2) is 9.48 Å². The van der Waals surface area contributed by atoms with Gasteiger partial charge in [0.1, 0.15) is 10.7 Å². The van der Waals surface area contributed by atoms with Crippen molar-refractivity contribution in [2.45, 2.75) is 58.7 Å². The molecule has 1 aliphatic rings. The summed E-state index contributed by atoms with van der Waals surface area (Å²) in [7, 11) is 0. The molecule has 0 bridgehead atoms. The van der Waals surface area contributed by atoms with Crippen LogP contribution < -0.4 is 0 Å². The summed E-state index contributed by atoms with van der Waals surface area (Å²) in [5, 5.41) is 4.58. The van der Waals surface area contributed by atoms with Gasteiger partial charge in [-0.1, -0.05) is 41.9 Å². The van der Waals surface area contributed by atoms with Crippen LogP contribution in [0.2, 0.25) is 5.15 Å². The van der Waals surface area contributed by atoms with Crippen LogP contribution in [-0.2, 0) is 16.1 Å². The van der Waals surface area contributed by atoms with Gasteiger partial charge in [0, 0.05) is 12.1 Å². The number of piperidine rings is 1. The lowest BCUT2D eigenvalue weighted by Crippen LogP contribution is -2.49. The minimum Gasteiger partial charge on any atom is -0.452 e. The third-order valence-corrected chi connectivity index (χ3v) is 5.64. The van der Waals surface area contributed by atoms with E-state index in [1.807, 2.05) is 49.1 Å². The van der Waals surface area contributed by atoms with Crippen LogP contribution in [0, 0.1) is 6.92 Å². The largest absolute Gasteiger partial charge is 0.452 e. The smallest absolute Gasteiger partial charge is 0.343 e. The molecule has 0 spiro atoms. The zero-order chi connectivity index (χ0) is 20.3. The van der Waals surface area contributed by atoms with E-state index in [1.54, 1.807) is 11.6 Å². The Morgan fingerprint density at radius 3 is 2.46 bits per heavy atom. The van der Waals surface area contributed by atoms with E-state index < -0.39 is 5.97 Å². The molecule has 2 atom stereocenters. The van der Waals surface area contributed by atoms with Crippen LogP contribution in [0.3, 0.4) is 0 Å². The van der Waals surface area contributed by atoms with Crippen molar-refractivity contribution in [3.8, 4) is 0 Å². The third kappa shape index (κ3) is 4.38. The fraction of sp³-hybridized carbons (Fsp3) is 0.476. The highest BCUT2D eigenvalue weighted by Gasteiger charge is 2.30. The highest BCUT2D eigenvalue weighted by atomic mass is 35.5. The summed E-state index contributed by atoms with van der Waals surface area (Å²) < 4.78 is 6.87. The second kappa shape index (κ2) is 8.78. The number of rotatable bonds is 5. The number of esters is 1. The first kappa shape index (κ1) is 20.4. The number of hydrogen-bond donors (Lipinski definition) is 0. The summed E-state index contributed by atoms with van der Waals surface area (Å²) in [4.78, 5) is 27.0. The SMILES string of the molecule is Cc1nn(Cc2ccccc2)c(Cl)c1C(=O)OCC(=O)N1[C@@H](C)CCC[C@@H]1C. The quantitative estimate of drug-likeness (QED) is 0.711. The Morgan fingerprint density at radius 2 is 1.82 bits per heavy atom. The first-order chi connectivity index (χ1) is 13.4. The molecule has 1 aliphatic heterocycles. The van der Waals surface area contributed by atoms with Crippen LogP contribution in [-0.4, -0.2) is 45.2 Å². The number of carbonyl (C=O) groups is 2. The van der Waals surface area contributed by atoms with E-state index in [0.717, 1.165) is 24.8 Å². The Morgan fingerprint density at radius 1 is 1.18 bits per heavy atom. The van der Waals surface area contributed by atoms with Crippen molar-refractivity contribution in [2.75, 3.05) is 6.61 Å². The lowest BCUT2D eigenvalue weighted by atomic mass is 9.97. The Bertz CT molecular complexity index is 840. The molecule has 0 unspecified atom stereocenters. The average Bonchev–Trinajstić information content (AvgIpc) is 2.94.